The zero-order chi connectivity index (χ0) is 13.1. The Bertz CT molecular complexity index is 583. The topological polar surface area (TPSA) is 26.3 Å². The molecule has 0 aliphatic carbocycles. The maximum atomic E-state index is 12.0. The van der Waals surface area contributed by atoms with E-state index < -0.39 is 0 Å². The van der Waals surface area contributed by atoms with E-state index in [1.54, 1.807) is 18.2 Å². The number of carbonyl (C=O) groups excluding carboxylic acids is 1. The van der Waals surface area contributed by atoms with Crippen molar-refractivity contribution in [2.75, 3.05) is 6.61 Å². The van der Waals surface area contributed by atoms with Crippen molar-refractivity contribution in [2.45, 2.75) is 0 Å². The molecule has 2 nitrogen and oxygen atoms in total. The molecule has 0 saturated carbocycles. The molecule has 0 fully saturated rings. The Labute approximate surface area is 130 Å². The van der Waals surface area contributed by atoms with E-state index in [0.29, 0.717) is 16.3 Å². The van der Waals surface area contributed by atoms with E-state index in [1.165, 1.54) is 11.3 Å². The summed E-state index contributed by atoms with van der Waals surface area (Å²) in [7, 11) is 0. The highest BCUT2D eigenvalue weighted by molar-refractivity contribution is 9.12. The number of para-hydroxylation sites is 1. The van der Waals surface area contributed by atoms with Crippen molar-refractivity contribution < 1.29 is 9.53 Å². The van der Waals surface area contributed by atoms with Gasteiger partial charge in [0, 0.05) is 5.56 Å². The van der Waals surface area contributed by atoms with Crippen LogP contribution in [0.1, 0.15) is 10.4 Å². The molecule has 0 bridgehead atoms. The summed E-state index contributed by atoms with van der Waals surface area (Å²) in [6.07, 6.45) is 0. The van der Waals surface area contributed by atoms with Crippen molar-refractivity contribution in [2.24, 2.45) is 0 Å². The molecule has 1 aromatic heterocycles. The van der Waals surface area contributed by atoms with Crippen molar-refractivity contribution in [3.05, 3.63) is 48.5 Å². The molecule has 0 aliphatic heterocycles. The van der Waals surface area contributed by atoms with E-state index in [2.05, 4.69) is 31.9 Å². The number of thiophene rings is 1. The molecule has 0 spiro atoms. The van der Waals surface area contributed by atoms with Gasteiger partial charge in [-0.25, -0.2) is 0 Å². The number of rotatable bonds is 4. The minimum absolute atomic E-state index is 0.0362. The molecule has 18 heavy (non-hydrogen) atoms. The van der Waals surface area contributed by atoms with E-state index in [-0.39, 0.29) is 12.4 Å². The first-order valence-electron chi connectivity index (χ1n) is 4.93. The number of benzene rings is 1. The predicted octanol–water partition coefficient (Wildman–Crippen LogP) is 5.19. The lowest BCUT2D eigenvalue weighted by Crippen LogP contribution is -2.11. The van der Waals surface area contributed by atoms with Gasteiger partial charge in [-0.1, -0.05) is 23.7 Å². The van der Waals surface area contributed by atoms with Crippen LogP contribution in [-0.2, 0) is 0 Å². The highest BCUT2D eigenvalue weighted by Gasteiger charge is 2.14. The molecule has 2 rings (SSSR count). The summed E-state index contributed by atoms with van der Waals surface area (Å²) in [5.74, 6) is 0.418. The van der Waals surface area contributed by atoms with Crippen LogP contribution in [0, 0.1) is 0 Å². The maximum Gasteiger partial charge on any atom is 0.202 e. The monoisotopic (exact) mass is 408 g/mol. The summed E-state index contributed by atoms with van der Waals surface area (Å²) in [5.41, 5.74) is 0.610. The summed E-state index contributed by atoms with van der Waals surface area (Å²) < 4.78 is 7.10. The fourth-order valence-electron chi connectivity index (χ4n) is 1.31. The highest BCUT2D eigenvalue weighted by Crippen LogP contribution is 2.32. The van der Waals surface area contributed by atoms with Gasteiger partial charge in [-0.15, -0.1) is 11.3 Å². The van der Waals surface area contributed by atoms with E-state index in [4.69, 9.17) is 16.3 Å². The van der Waals surface area contributed by atoms with Crippen molar-refractivity contribution >= 4 is 60.6 Å². The smallest absolute Gasteiger partial charge is 0.202 e. The second-order valence-corrected chi connectivity index (χ2v) is 7.54. The van der Waals surface area contributed by atoms with Crippen LogP contribution >= 0.6 is 54.8 Å². The van der Waals surface area contributed by atoms with Gasteiger partial charge in [0.25, 0.3) is 0 Å². The number of hydrogen-bond donors (Lipinski definition) is 0. The maximum absolute atomic E-state index is 12.0. The van der Waals surface area contributed by atoms with E-state index in [1.807, 2.05) is 12.1 Å². The third-order valence-electron chi connectivity index (χ3n) is 2.15. The van der Waals surface area contributed by atoms with Crippen molar-refractivity contribution in [3.8, 4) is 5.75 Å². The number of carbonyl (C=O) groups is 1. The van der Waals surface area contributed by atoms with Gasteiger partial charge in [-0.05, 0) is 50.1 Å². The molecule has 2 aromatic rings. The van der Waals surface area contributed by atoms with E-state index >= 15 is 0 Å². The standard InChI is InChI=1S/C12H7Br2ClO2S/c13-11-5-7(12(14)18-11)9(16)6-17-10-4-2-1-3-8(10)15/h1-5H,6H2. The summed E-state index contributed by atoms with van der Waals surface area (Å²) >= 11 is 14.1. The Kier molecular flexibility index (Phi) is 4.84. The number of hydrogen-bond acceptors (Lipinski definition) is 3. The van der Waals surface area contributed by atoms with Gasteiger partial charge in [0.05, 0.1) is 12.6 Å². The molecule has 0 saturated heterocycles. The molecule has 6 heteroatoms. The van der Waals surface area contributed by atoms with Crippen LogP contribution in [0.25, 0.3) is 0 Å². The van der Waals surface area contributed by atoms with Gasteiger partial charge in [-0.3, -0.25) is 4.79 Å². The Morgan fingerprint density at radius 2 is 2.06 bits per heavy atom. The van der Waals surface area contributed by atoms with Crippen LogP contribution < -0.4 is 4.74 Å². The average Bonchev–Trinajstić information content (AvgIpc) is 2.67. The van der Waals surface area contributed by atoms with Gasteiger partial charge < -0.3 is 4.74 Å². The Morgan fingerprint density at radius 3 is 2.67 bits per heavy atom. The Hall–Kier alpha value is -0.360. The molecule has 1 aromatic carbocycles. The molecular weight excluding hydrogens is 403 g/mol. The molecule has 0 atom stereocenters. The van der Waals surface area contributed by atoms with Crippen LogP contribution in [-0.4, -0.2) is 12.4 Å². The van der Waals surface area contributed by atoms with Gasteiger partial charge >= 0.3 is 0 Å². The molecule has 0 radical (unpaired) electrons. The molecular formula is C12H7Br2ClO2S. The first-order chi connectivity index (χ1) is 8.58. The van der Waals surface area contributed by atoms with Crippen LogP contribution in [0.5, 0.6) is 5.75 Å². The lowest BCUT2D eigenvalue weighted by atomic mass is 10.2. The van der Waals surface area contributed by atoms with Crippen LogP contribution in [0.3, 0.4) is 0 Å². The third-order valence-corrected chi connectivity index (χ3v) is 4.80. The van der Waals surface area contributed by atoms with Crippen LogP contribution in [0.2, 0.25) is 5.02 Å². The highest BCUT2D eigenvalue weighted by atomic mass is 79.9. The molecule has 0 aliphatic rings. The second kappa shape index (κ2) is 6.19. The quantitative estimate of drug-likeness (QED) is 0.649. The molecule has 0 N–H and O–H groups in total. The predicted molar refractivity (Wildman–Crippen MR) is 81.0 cm³/mol. The van der Waals surface area contributed by atoms with E-state index in [0.717, 1.165) is 7.57 Å². The van der Waals surface area contributed by atoms with Gasteiger partial charge in [0.2, 0.25) is 5.78 Å². The van der Waals surface area contributed by atoms with Crippen LogP contribution in [0.4, 0.5) is 0 Å². The minimum atomic E-state index is -0.0938. The largest absolute Gasteiger partial charge is 0.484 e. The van der Waals surface area contributed by atoms with Crippen molar-refractivity contribution in [3.63, 3.8) is 0 Å². The Balaban J connectivity index is 2.05. The number of ether oxygens (including phenoxy) is 1. The summed E-state index contributed by atoms with van der Waals surface area (Å²) in [5, 5.41) is 0.496. The zero-order valence-corrected chi connectivity index (χ0v) is 13.7. The fraction of sp³-hybridized carbons (Fsp3) is 0.0833. The molecule has 0 amide bonds. The molecule has 1 heterocycles. The average molecular weight is 411 g/mol. The fourth-order valence-corrected chi connectivity index (χ4v) is 4.36. The van der Waals surface area contributed by atoms with Gasteiger partial charge in [0.15, 0.2) is 6.61 Å². The van der Waals surface area contributed by atoms with Crippen molar-refractivity contribution in [1.29, 1.82) is 0 Å². The normalized spacial score (nSPS) is 10.4. The second-order valence-electron chi connectivity index (χ2n) is 3.38. The molecule has 0 unspecified atom stereocenters. The summed E-state index contributed by atoms with van der Waals surface area (Å²) in [4.78, 5) is 12.0. The van der Waals surface area contributed by atoms with Gasteiger partial charge in [0.1, 0.15) is 5.75 Å². The van der Waals surface area contributed by atoms with Crippen LogP contribution in [0.15, 0.2) is 37.9 Å². The molecule has 94 valence electrons. The van der Waals surface area contributed by atoms with Gasteiger partial charge in [-0.2, -0.15) is 0 Å². The third kappa shape index (κ3) is 3.35. The summed E-state index contributed by atoms with van der Waals surface area (Å²) in [6, 6.07) is 8.84. The van der Waals surface area contributed by atoms with Crippen molar-refractivity contribution in [1.82, 2.24) is 0 Å². The SMILES string of the molecule is O=C(COc1ccccc1Cl)c1cc(Br)sc1Br. The lowest BCUT2D eigenvalue weighted by Gasteiger charge is -2.06. The van der Waals surface area contributed by atoms with E-state index in [9.17, 15) is 4.79 Å². The number of ketones is 1. The number of Topliss-reactive ketones (excluding diaryl/α,β-unsaturated/α-hetero) is 1. The minimum Gasteiger partial charge on any atom is -0.484 e. The first-order valence-corrected chi connectivity index (χ1v) is 7.71. The summed E-state index contributed by atoms with van der Waals surface area (Å²) in [6.45, 7) is -0.0362. The zero-order valence-electron chi connectivity index (χ0n) is 8.95. The number of halogens is 3. The lowest BCUT2D eigenvalue weighted by molar-refractivity contribution is 0.0921. The Morgan fingerprint density at radius 1 is 1.33 bits per heavy atom. The first kappa shape index (κ1) is 14.1.